The third kappa shape index (κ3) is 4.63. The molecule has 0 radical (unpaired) electrons. The van der Waals surface area contributed by atoms with Gasteiger partial charge in [0.1, 0.15) is 22.5 Å². The van der Waals surface area contributed by atoms with Gasteiger partial charge in [-0.1, -0.05) is 0 Å². The molecule has 0 fully saturated rings. The number of carbonyl (C=O) groups is 1. The molecular weight excluding hydrogens is 375 g/mol. The van der Waals surface area contributed by atoms with Crippen LogP contribution < -0.4 is 34.3 Å². The van der Waals surface area contributed by atoms with E-state index in [4.69, 9.17) is 9.29 Å². The molecule has 2 aromatic carbocycles. The minimum Gasteiger partial charge on any atom is -1.00 e. The van der Waals surface area contributed by atoms with E-state index in [1.54, 1.807) is 24.3 Å². The number of hydrogen-bond acceptors (Lipinski definition) is 7. The number of carbonyl (C=O) groups excluding carboxylic acids is 1. The summed E-state index contributed by atoms with van der Waals surface area (Å²) in [7, 11) is -2.78. The van der Waals surface area contributed by atoms with Crippen molar-refractivity contribution >= 4 is 38.7 Å². The van der Waals surface area contributed by atoms with E-state index in [1.165, 1.54) is 19.2 Å². The largest absolute Gasteiger partial charge is 1.00 e. The van der Waals surface area contributed by atoms with Gasteiger partial charge in [0.2, 0.25) is 0 Å². The predicted octanol–water partition coefficient (Wildman–Crippen LogP) is -0.565. The summed E-state index contributed by atoms with van der Waals surface area (Å²) in [6, 6.07) is 9.40. The summed E-state index contributed by atoms with van der Waals surface area (Å²) < 4.78 is 44.8. The van der Waals surface area contributed by atoms with E-state index in [9.17, 15) is 13.2 Å². The number of methoxy groups -OCH3 is 1. The Balaban J connectivity index is 0.00000169. The molecule has 0 aliphatic carbocycles. The van der Waals surface area contributed by atoms with Gasteiger partial charge < -0.3 is 6.16 Å². The minimum absolute atomic E-state index is 0. The molecule has 25 heavy (non-hydrogen) atoms. The number of rotatable bonds is 5. The zero-order valence-corrected chi connectivity index (χ0v) is 17.1. The Kier molecular flexibility index (Phi) is 6.30. The average molecular weight is 388 g/mol. The van der Waals surface area contributed by atoms with Gasteiger partial charge in [-0.2, -0.15) is 17.2 Å². The maximum atomic E-state index is 12.8. The first-order valence-electron chi connectivity index (χ1n) is 6.76. The van der Waals surface area contributed by atoms with Crippen molar-refractivity contribution in [3.8, 4) is 5.75 Å². The first-order chi connectivity index (χ1) is 11.4. The number of ketones is 1. The Labute approximate surface area is 171 Å². The second-order valence-electron chi connectivity index (χ2n) is 5.05. The minimum atomic E-state index is -4.29. The van der Waals surface area contributed by atoms with Crippen LogP contribution in [-0.4, -0.2) is 34.6 Å². The van der Waals surface area contributed by atoms with Gasteiger partial charge in [-0.3, -0.25) is 9.35 Å². The second kappa shape index (κ2) is 7.90. The molecule has 1 heterocycles. The molecule has 0 unspecified atom stereocenters. The van der Waals surface area contributed by atoms with Gasteiger partial charge >= 0.3 is 29.6 Å². The number of nitrogens with zero attached hydrogens (tertiary/aromatic N) is 2. The SMILES string of the molecule is COc1ccc(C(=O)c2cc3nsnc3cc2CS(=O)(=O)O)cc1.[H-].[Na+]. The number of ether oxygens (including phenoxy) is 1. The van der Waals surface area contributed by atoms with Crippen molar-refractivity contribution in [1.29, 1.82) is 0 Å². The average Bonchev–Trinajstić information content (AvgIpc) is 2.99. The zero-order chi connectivity index (χ0) is 17.3. The Morgan fingerprint density at radius 1 is 1.20 bits per heavy atom. The summed E-state index contributed by atoms with van der Waals surface area (Å²) in [6.07, 6.45) is 0. The van der Waals surface area contributed by atoms with Gasteiger partial charge in [0.25, 0.3) is 10.1 Å². The van der Waals surface area contributed by atoms with E-state index in [0.29, 0.717) is 22.3 Å². The van der Waals surface area contributed by atoms with Crippen LogP contribution in [-0.2, 0) is 15.9 Å². The Bertz CT molecular complexity index is 1020. The zero-order valence-electron chi connectivity index (χ0n) is 14.5. The third-order valence-corrected chi connectivity index (χ3v) is 4.65. The molecule has 3 rings (SSSR count). The maximum absolute atomic E-state index is 12.8. The van der Waals surface area contributed by atoms with Crippen LogP contribution in [0.4, 0.5) is 0 Å². The topological polar surface area (TPSA) is 106 Å². The van der Waals surface area contributed by atoms with Gasteiger partial charge in [-0.25, -0.2) is 0 Å². The van der Waals surface area contributed by atoms with Gasteiger partial charge in [0, 0.05) is 11.1 Å². The van der Waals surface area contributed by atoms with Gasteiger partial charge in [-0.15, -0.1) is 0 Å². The first kappa shape index (κ1) is 20.0. The maximum Gasteiger partial charge on any atom is 1.00 e. The molecule has 0 amide bonds. The van der Waals surface area contributed by atoms with Crippen molar-refractivity contribution in [3.63, 3.8) is 0 Å². The molecule has 126 valence electrons. The third-order valence-electron chi connectivity index (χ3n) is 3.41. The summed E-state index contributed by atoms with van der Waals surface area (Å²) in [5.41, 5.74) is 1.69. The van der Waals surface area contributed by atoms with Crippen LogP contribution in [0.1, 0.15) is 22.9 Å². The fourth-order valence-corrected chi connectivity index (χ4v) is 3.44. The summed E-state index contributed by atoms with van der Waals surface area (Å²) in [6.45, 7) is 0. The standard InChI is InChI=1S/C15H12N2O5S2.Na.H/c1-22-11-4-2-9(3-5-11)15(18)12-7-14-13(16-23-17-14)6-10(12)8-24(19,20)21;;/h2-7H,8H2,1H3,(H,19,20,21);;/q;+1;-1. The smallest absolute Gasteiger partial charge is 1.00 e. The van der Waals surface area contributed by atoms with Crippen LogP contribution in [0.25, 0.3) is 11.0 Å². The molecule has 3 aromatic rings. The molecule has 7 nitrogen and oxygen atoms in total. The summed E-state index contributed by atoms with van der Waals surface area (Å²) in [5, 5.41) is 0. The normalized spacial score (nSPS) is 11.1. The quantitative estimate of drug-likeness (QED) is 0.355. The van der Waals surface area contributed by atoms with Crippen LogP contribution in [0, 0.1) is 0 Å². The molecule has 0 saturated heterocycles. The Hall–Kier alpha value is -1.36. The summed E-state index contributed by atoms with van der Waals surface area (Å²) in [5.74, 6) is -0.437. The Morgan fingerprint density at radius 2 is 1.80 bits per heavy atom. The molecule has 10 heteroatoms. The Morgan fingerprint density at radius 3 is 2.36 bits per heavy atom. The fourth-order valence-electron chi connectivity index (χ4n) is 2.30. The molecule has 0 spiro atoms. The van der Waals surface area contributed by atoms with Crippen molar-refractivity contribution in [1.82, 2.24) is 8.75 Å². The molecule has 0 saturated carbocycles. The predicted molar refractivity (Wildman–Crippen MR) is 90.2 cm³/mol. The van der Waals surface area contributed by atoms with Gasteiger partial charge in [0.15, 0.2) is 5.78 Å². The van der Waals surface area contributed by atoms with Crippen LogP contribution in [0.3, 0.4) is 0 Å². The van der Waals surface area contributed by atoms with E-state index in [-0.39, 0.29) is 47.9 Å². The van der Waals surface area contributed by atoms with Gasteiger partial charge in [-0.05, 0) is 42.0 Å². The van der Waals surface area contributed by atoms with Crippen LogP contribution >= 0.6 is 11.7 Å². The van der Waals surface area contributed by atoms with E-state index in [1.807, 2.05) is 0 Å². The second-order valence-corrected chi connectivity index (χ2v) is 7.03. The van der Waals surface area contributed by atoms with Crippen molar-refractivity contribution in [2.75, 3.05) is 7.11 Å². The number of hydrogen-bond donors (Lipinski definition) is 1. The van der Waals surface area contributed by atoms with Crippen molar-refractivity contribution < 1.29 is 53.5 Å². The van der Waals surface area contributed by atoms with Crippen LogP contribution in [0.2, 0.25) is 0 Å². The molecule has 1 N–H and O–H groups in total. The number of benzene rings is 2. The molecule has 0 bridgehead atoms. The van der Waals surface area contributed by atoms with E-state index < -0.39 is 15.9 Å². The number of aromatic nitrogens is 2. The van der Waals surface area contributed by atoms with Crippen LogP contribution in [0.5, 0.6) is 5.75 Å². The van der Waals surface area contributed by atoms with E-state index in [0.717, 1.165) is 11.7 Å². The molecule has 0 aliphatic rings. The molecular formula is C15H13N2NaO5S2. The molecule has 1 aromatic heterocycles. The van der Waals surface area contributed by atoms with E-state index in [2.05, 4.69) is 8.75 Å². The first-order valence-corrected chi connectivity index (χ1v) is 9.10. The molecule has 0 atom stereocenters. The molecule has 0 aliphatic heterocycles. The number of fused-ring (bicyclic) bond motifs is 1. The summed E-state index contributed by atoms with van der Waals surface area (Å²) >= 11 is 0.961. The fraction of sp³-hybridized carbons (Fsp3) is 0.133. The van der Waals surface area contributed by atoms with Crippen molar-refractivity contribution in [2.24, 2.45) is 0 Å². The van der Waals surface area contributed by atoms with Gasteiger partial charge in [0.05, 0.1) is 18.8 Å². The monoisotopic (exact) mass is 388 g/mol. The van der Waals surface area contributed by atoms with Crippen LogP contribution in [0.15, 0.2) is 36.4 Å². The summed E-state index contributed by atoms with van der Waals surface area (Å²) in [4.78, 5) is 12.8. The van der Waals surface area contributed by atoms with E-state index >= 15 is 0 Å². The van der Waals surface area contributed by atoms with Crippen molar-refractivity contribution in [2.45, 2.75) is 5.75 Å². The van der Waals surface area contributed by atoms with Crippen molar-refractivity contribution in [3.05, 3.63) is 53.1 Å².